The van der Waals surface area contributed by atoms with Crippen molar-refractivity contribution >= 4 is 16.9 Å². The predicted molar refractivity (Wildman–Crippen MR) is 96.0 cm³/mol. The number of carbonyl (C=O) groups is 1. The number of hydrogen-bond acceptors (Lipinski definition) is 3. The molecular formula is C20H26N2O2. The number of pyridine rings is 1. The highest BCUT2D eigenvalue weighted by Crippen LogP contribution is 2.35. The van der Waals surface area contributed by atoms with E-state index in [1.807, 2.05) is 24.4 Å². The van der Waals surface area contributed by atoms with Gasteiger partial charge in [0.05, 0.1) is 5.52 Å². The number of aliphatic carboxylic acids is 1. The maximum absolute atomic E-state index is 11.8. The summed E-state index contributed by atoms with van der Waals surface area (Å²) in [5, 5.41) is 10.8. The summed E-state index contributed by atoms with van der Waals surface area (Å²) >= 11 is 0. The van der Waals surface area contributed by atoms with Crippen LogP contribution in [0.2, 0.25) is 0 Å². The minimum absolute atomic E-state index is 0.152. The Balaban J connectivity index is 2.03. The minimum atomic E-state index is -0.686. The third-order valence-corrected chi connectivity index (χ3v) is 5.10. The summed E-state index contributed by atoms with van der Waals surface area (Å²) in [4.78, 5) is 18.5. The van der Waals surface area contributed by atoms with E-state index in [2.05, 4.69) is 28.9 Å². The van der Waals surface area contributed by atoms with Crippen LogP contribution in [0.5, 0.6) is 0 Å². The average Bonchev–Trinajstić information content (AvgIpc) is 2.62. The number of benzene rings is 1. The maximum atomic E-state index is 11.8. The standard InChI is InChI=1S/C20H26N2O2/c1-2-3-10-18(22-14-7-6-11-19(22)20(23)24)16-12-13-21-17-9-5-4-8-15(16)17/h4-5,8-9,12-13,18-19H,2-3,6-7,10-11,14H2,1H3,(H,23,24). The zero-order valence-corrected chi connectivity index (χ0v) is 14.3. The topological polar surface area (TPSA) is 53.4 Å². The van der Waals surface area contributed by atoms with Gasteiger partial charge in [0.25, 0.3) is 0 Å². The predicted octanol–water partition coefficient (Wildman–Crippen LogP) is 4.41. The lowest BCUT2D eigenvalue weighted by molar-refractivity contribution is -0.146. The molecule has 1 aromatic carbocycles. The summed E-state index contributed by atoms with van der Waals surface area (Å²) in [7, 11) is 0. The van der Waals surface area contributed by atoms with Gasteiger partial charge >= 0.3 is 5.97 Å². The summed E-state index contributed by atoms with van der Waals surface area (Å²) in [5.41, 5.74) is 2.21. The number of para-hydroxylation sites is 1. The fourth-order valence-corrected chi connectivity index (χ4v) is 3.90. The number of fused-ring (bicyclic) bond motifs is 1. The Morgan fingerprint density at radius 2 is 2.17 bits per heavy atom. The SMILES string of the molecule is CCCCC(c1ccnc2ccccc12)N1CCCCC1C(=O)O. The largest absolute Gasteiger partial charge is 0.480 e. The Kier molecular flexibility index (Phi) is 5.46. The van der Waals surface area contributed by atoms with Gasteiger partial charge in [0.15, 0.2) is 0 Å². The number of likely N-dealkylation sites (tertiary alicyclic amines) is 1. The highest BCUT2D eigenvalue weighted by Gasteiger charge is 2.34. The van der Waals surface area contributed by atoms with Crippen molar-refractivity contribution in [3.63, 3.8) is 0 Å². The van der Waals surface area contributed by atoms with Crippen molar-refractivity contribution < 1.29 is 9.90 Å². The van der Waals surface area contributed by atoms with Gasteiger partial charge in [0, 0.05) is 17.6 Å². The van der Waals surface area contributed by atoms with Crippen LogP contribution in [0, 0.1) is 0 Å². The van der Waals surface area contributed by atoms with Gasteiger partial charge in [0.1, 0.15) is 6.04 Å². The Morgan fingerprint density at radius 1 is 1.33 bits per heavy atom. The Bertz CT molecular complexity index is 696. The molecule has 2 heterocycles. The molecule has 1 saturated heterocycles. The van der Waals surface area contributed by atoms with Gasteiger partial charge in [-0.15, -0.1) is 0 Å². The van der Waals surface area contributed by atoms with Crippen molar-refractivity contribution in [1.82, 2.24) is 9.88 Å². The lowest BCUT2D eigenvalue weighted by atomic mass is 9.91. The molecule has 1 fully saturated rings. The maximum Gasteiger partial charge on any atom is 0.320 e. The summed E-state index contributed by atoms with van der Waals surface area (Å²) in [6.45, 7) is 3.05. The normalized spacial score (nSPS) is 20.1. The molecule has 1 aromatic heterocycles. The summed E-state index contributed by atoms with van der Waals surface area (Å²) in [5.74, 6) is -0.686. The smallest absolute Gasteiger partial charge is 0.320 e. The molecule has 3 rings (SSSR count). The molecule has 0 saturated carbocycles. The first kappa shape index (κ1) is 16.9. The molecule has 4 nitrogen and oxygen atoms in total. The monoisotopic (exact) mass is 326 g/mol. The first-order chi connectivity index (χ1) is 11.7. The van der Waals surface area contributed by atoms with Crippen molar-refractivity contribution in [3.05, 3.63) is 42.1 Å². The molecule has 128 valence electrons. The molecule has 2 atom stereocenters. The van der Waals surface area contributed by atoms with Crippen LogP contribution < -0.4 is 0 Å². The number of aromatic nitrogens is 1. The van der Waals surface area contributed by atoms with Crippen molar-refractivity contribution in [2.45, 2.75) is 57.5 Å². The summed E-state index contributed by atoms with van der Waals surface area (Å²) < 4.78 is 0. The second kappa shape index (κ2) is 7.75. The van der Waals surface area contributed by atoms with E-state index in [0.29, 0.717) is 0 Å². The third-order valence-electron chi connectivity index (χ3n) is 5.10. The summed E-state index contributed by atoms with van der Waals surface area (Å²) in [6.07, 6.45) is 7.90. The lowest BCUT2D eigenvalue weighted by Crippen LogP contribution is -2.46. The number of nitrogens with zero attached hydrogens (tertiary/aromatic N) is 2. The van der Waals surface area contributed by atoms with Gasteiger partial charge < -0.3 is 5.11 Å². The molecule has 24 heavy (non-hydrogen) atoms. The van der Waals surface area contributed by atoms with E-state index in [0.717, 1.165) is 56.0 Å². The van der Waals surface area contributed by atoms with E-state index in [9.17, 15) is 9.90 Å². The van der Waals surface area contributed by atoms with Crippen LogP contribution in [0.1, 0.15) is 57.1 Å². The lowest BCUT2D eigenvalue weighted by Gasteiger charge is -2.39. The summed E-state index contributed by atoms with van der Waals surface area (Å²) in [6, 6.07) is 10.0. The van der Waals surface area contributed by atoms with Crippen molar-refractivity contribution in [2.24, 2.45) is 0 Å². The van der Waals surface area contributed by atoms with Crippen LogP contribution in [-0.4, -0.2) is 33.5 Å². The zero-order chi connectivity index (χ0) is 16.9. The van der Waals surface area contributed by atoms with Gasteiger partial charge in [-0.2, -0.15) is 0 Å². The second-order valence-corrected chi connectivity index (χ2v) is 6.66. The molecule has 1 aliphatic rings. The number of rotatable bonds is 6. The molecule has 0 amide bonds. The van der Waals surface area contributed by atoms with Crippen LogP contribution in [0.15, 0.2) is 36.5 Å². The quantitative estimate of drug-likeness (QED) is 0.854. The fourth-order valence-electron chi connectivity index (χ4n) is 3.90. The molecule has 0 aliphatic carbocycles. The molecule has 4 heteroatoms. The van der Waals surface area contributed by atoms with Gasteiger partial charge in [-0.25, -0.2) is 0 Å². The number of carboxylic acid groups (broad SMARTS) is 1. The third kappa shape index (κ3) is 3.44. The van der Waals surface area contributed by atoms with Crippen LogP contribution in [0.25, 0.3) is 10.9 Å². The molecular weight excluding hydrogens is 300 g/mol. The molecule has 0 radical (unpaired) electrons. The van der Waals surface area contributed by atoms with Crippen LogP contribution >= 0.6 is 0 Å². The zero-order valence-electron chi connectivity index (χ0n) is 14.3. The number of hydrogen-bond donors (Lipinski definition) is 1. The van der Waals surface area contributed by atoms with Crippen LogP contribution in [-0.2, 0) is 4.79 Å². The Morgan fingerprint density at radius 3 is 2.96 bits per heavy atom. The van der Waals surface area contributed by atoms with E-state index in [-0.39, 0.29) is 12.1 Å². The number of piperidine rings is 1. The van der Waals surface area contributed by atoms with E-state index < -0.39 is 5.97 Å². The van der Waals surface area contributed by atoms with Gasteiger partial charge in [-0.1, -0.05) is 44.4 Å². The molecule has 0 spiro atoms. The van der Waals surface area contributed by atoms with Crippen molar-refractivity contribution in [3.8, 4) is 0 Å². The highest BCUT2D eigenvalue weighted by molar-refractivity contribution is 5.82. The Hall–Kier alpha value is -1.94. The molecule has 2 aromatic rings. The first-order valence-electron chi connectivity index (χ1n) is 9.04. The van der Waals surface area contributed by atoms with Crippen molar-refractivity contribution in [1.29, 1.82) is 0 Å². The van der Waals surface area contributed by atoms with E-state index in [4.69, 9.17) is 0 Å². The van der Waals surface area contributed by atoms with E-state index in [1.54, 1.807) is 0 Å². The fraction of sp³-hybridized carbons (Fsp3) is 0.500. The number of carboxylic acids is 1. The number of unbranched alkanes of at least 4 members (excludes halogenated alkanes) is 1. The molecule has 1 aliphatic heterocycles. The van der Waals surface area contributed by atoms with Gasteiger partial charge in [-0.05, 0) is 43.5 Å². The molecule has 2 unspecified atom stereocenters. The van der Waals surface area contributed by atoms with Crippen LogP contribution in [0.3, 0.4) is 0 Å². The van der Waals surface area contributed by atoms with Gasteiger partial charge in [0.2, 0.25) is 0 Å². The highest BCUT2D eigenvalue weighted by atomic mass is 16.4. The molecule has 1 N–H and O–H groups in total. The van der Waals surface area contributed by atoms with E-state index >= 15 is 0 Å². The molecule has 0 bridgehead atoms. The van der Waals surface area contributed by atoms with Crippen molar-refractivity contribution in [2.75, 3.05) is 6.54 Å². The van der Waals surface area contributed by atoms with E-state index in [1.165, 1.54) is 5.56 Å². The minimum Gasteiger partial charge on any atom is -0.480 e. The Labute approximate surface area is 143 Å². The van der Waals surface area contributed by atoms with Gasteiger partial charge in [-0.3, -0.25) is 14.7 Å². The first-order valence-corrected chi connectivity index (χ1v) is 9.04. The average molecular weight is 326 g/mol. The second-order valence-electron chi connectivity index (χ2n) is 6.66. The van der Waals surface area contributed by atoms with Crippen LogP contribution in [0.4, 0.5) is 0 Å².